The summed E-state index contributed by atoms with van der Waals surface area (Å²) in [4.78, 5) is 18.0. The lowest BCUT2D eigenvalue weighted by Gasteiger charge is -2.32. The normalized spacial score (nSPS) is 17.5. The first kappa shape index (κ1) is 21.9. The molecule has 0 bridgehead atoms. The van der Waals surface area contributed by atoms with Crippen molar-refractivity contribution in [1.82, 2.24) is 15.5 Å². The van der Waals surface area contributed by atoms with Crippen LogP contribution in [0.1, 0.15) is 30.6 Å². The number of halogens is 1. The van der Waals surface area contributed by atoms with Crippen molar-refractivity contribution in [2.24, 2.45) is 10.7 Å². The summed E-state index contributed by atoms with van der Waals surface area (Å²) in [6.45, 7) is 5.64. The fraction of sp³-hybridized carbons (Fsp3) is 0.579. The first-order valence-corrected chi connectivity index (χ1v) is 11.0. The van der Waals surface area contributed by atoms with Gasteiger partial charge in [0.15, 0.2) is 5.96 Å². The van der Waals surface area contributed by atoms with Crippen LogP contribution >= 0.6 is 23.4 Å². The number of guanidine groups is 1. The molecule has 1 fully saturated rings. The molecule has 1 atom stereocenters. The molecule has 1 aromatic carbocycles. The molecule has 0 spiro atoms. The average molecular weight is 412 g/mol. The average Bonchev–Trinajstić information content (AvgIpc) is 2.63. The van der Waals surface area contributed by atoms with Crippen LogP contribution in [0, 0.1) is 0 Å². The highest BCUT2D eigenvalue weighted by atomic mass is 35.5. The van der Waals surface area contributed by atoms with E-state index in [4.69, 9.17) is 22.3 Å². The summed E-state index contributed by atoms with van der Waals surface area (Å²) in [7, 11) is 0. The Labute approximate surface area is 171 Å². The van der Waals surface area contributed by atoms with Crippen LogP contribution in [0.2, 0.25) is 5.02 Å². The van der Waals surface area contributed by atoms with Crippen molar-refractivity contribution in [2.75, 3.05) is 39.0 Å². The molecule has 150 valence electrons. The van der Waals surface area contributed by atoms with E-state index in [1.807, 2.05) is 18.2 Å². The van der Waals surface area contributed by atoms with E-state index in [-0.39, 0.29) is 11.2 Å². The summed E-state index contributed by atoms with van der Waals surface area (Å²) < 4.78 is 0. The Morgan fingerprint density at radius 1 is 1.44 bits per heavy atom. The molecule has 4 N–H and O–H groups in total. The van der Waals surface area contributed by atoms with E-state index in [9.17, 15) is 4.79 Å². The van der Waals surface area contributed by atoms with E-state index in [2.05, 4.69) is 34.8 Å². The number of aliphatic imine (C=N–C) groups is 1. The van der Waals surface area contributed by atoms with Crippen LogP contribution in [-0.4, -0.2) is 61.8 Å². The van der Waals surface area contributed by atoms with Crippen molar-refractivity contribution < 1.29 is 4.79 Å². The van der Waals surface area contributed by atoms with Crippen LogP contribution in [0.25, 0.3) is 0 Å². The number of hydrogen-bond acceptors (Lipinski definition) is 4. The minimum absolute atomic E-state index is 0.261. The molecule has 1 heterocycles. The Morgan fingerprint density at radius 3 is 2.78 bits per heavy atom. The van der Waals surface area contributed by atoms with Crippen LogP contribution in [0.3, 0.4) is 0 Å². The molecule has 1 aromatic rings. The van der Waals surface area contributed by atoms with Gasteiger partial charge in [-0.1, -0.05) is 23.7 Å². The number of hydrogen-bond donors (Lipinski definition) is 3. The van der Waals surface area contributed by atoms with Gasteiger partial charge >= 0.3 is 0 Å². The highest BCUT2D eigenvalue weighted by Crippen LogP contribution is 2.28. The Kier molecular flexibility index (Phi) is 9.24. The first-order valence-electron chi connectivity index (χ1n) is 9.35. The van der Waals surface area contributed by atoms with Crippen molar-refractivity contribution in [3.63, 3.8) is 0 Å². The Bertz CT molecular complexity index is 634. The van der Waals surface area contributed by atoms with Gasteiger partial charge in [-0.15, -0.1) is 0 Å². The van der Waals surface area contributed by atoms with Crippen molar-refractivity contribution in [3.8, 4) is 0 Å². The summed E-state index contributed by atoms with van der Waals surface area (Å²) >= 11 is 7.90. The summed E-state index contributed by atoms with van der Waals surface area (Å²) in [6, 6.07) is 8.33. The molecule has 1 amide bonds. The van der Waals surface area contributed by atoms with Crippen LogP contribution in [-0.2, 0) is 4.79 Å². The summed E-state index contributed by atoms with van der Waals surface area (Å²) in [5, 5.41) is 7.88. The molecule has 0 aliphatic carbocycles. The Balaban J connectivity index is 1.92. The van der Waals surface area contributed by atoms with Gasteiger partial charge in [0.2, 0.25) is 5.91 Å². The Morgan fingerprint density at radius 2 is 2.19 bits per heavy atom. The number of primary amides is 1. The minimum atomic E-state index is -0.263. The lowest BCUT2D eigenvalue weighted by atomic mass is 10.1. The number of carbonyl (C=O) groups excluding carboxylic acids is 1. The van der Waals surface area contributed by atoms with E-state index < -0.39 is 0 Å². The van der Waals surface area contributed by atoms with Crippen molar-refractivity contribution in [1.29, 1.82) is 0 Å². The van der Waals surface area contributed by atoms with Gasteiger partial charge in [-0.25, -0.2) is 0 Å². The number of carbonyl (C=O) groups is 1. The lowest BCUT2D eigenvalue weighted by Crippen LogP contribution is -2.49. The third kappa shape index (κ3) is 7.60. The zero-order valence-electron chi connectivity index (χ0n) is 16.1. The third-order valence-corrected chi connectivity index (χ3v) is 5.80. The number of amides is 1. The molecule has 0 aromatic heterocycles. The quantitative estimate of drug-likeness (QED) is 0.451. The van der Waals surface area contributed by atoms with Gasteiger partial charge in [0.25, 0.3) is 0 Å². The van der Waals surface area contributed by atoms with Crippen LogP contribution in [0.5, 0.6) is 0 Å². The van der Waals surface area contributed by atoms with Crippen LogP contribution < -0.4 is 16.4 Å². The number of nitrogens with one attached hydrogen (secondary N) is 2. The molecule has 1 aliphatic heterocycles. The van der Waals surface area contributed by atoms with E-state index >= 15 is 0 Å². The number of piperidine rings is 1. The molecule has 1 saturated heterocycles. The highest BCUT2D eigenvalue weighted by Gasteiger charge is 2.21. The topological polar surface area (TPSA) is 82.8 Å². The van der Waals surface area contributed by atoms with Gasteiger partial charge in [0, 0.05) is 35.9 Å². The first-order chi connectivity index (χ1) is 13.0. The molecule has 1 unspecified atom stereocenters. The molecule has 0 radical (unpaired) electrons. The van der Waals surface area contributed by atoms with Crippen molar-refractivity contribution >= 4 is 35.2 Å². The lowest BCUT2D eigenvalue weighted by molar-refractivity contribution is -0.119. The summed E-state index contributed by atoms with van der Waals surface area (Å²) in [5.74, 6) is 0.576. The molecule has 0 saturated carbocycles. The van der Waals surface area contributed by atoms with Gasteiger partial charge in [0.1, 0.15) is 0 Å². The van der Waals surface area contributed by atoms with Gasteiger partial charge < -0.3 is 16.4 Å². The van der Waals surface area contributed by atoms with Crippen LogP contribution in [0.15, 0.2) is 29.3 Å². The number of likely N-dealkylation sites (tertiary alicyclic amines) is 1. The fourth-order valence-electron chi connectivity index (χ4n) is 3.17. The number of benzene rings is 1. The zero-order chi connectivity index (χ0) is 19.6. The standard InChI is InChI=1S/C19H30ClN5OS/c1-3-22-19(24-16-7-9-25(10-8-16)13-18(21)26)23-12-17(27-2)14-5-4-6-15(20)11-14/h4-6,11,16-17H,3,7-10,12-13H2,1-2H3,(H2,21,26)(H2,22,23,24). The fourth-order valence-corrected chi connectivity index (χ4v) is 4.01. The summed E-state index contributed by atoms with van der Waals surface area (Å²) in [5.41, 5.74) is 6.47. The largest absolute Gasteiger partial charge is 0.369 e. The molecule has 2 rings (SSSR count). The monoisotopic (exact) mass is 411 g/mol. The second-order valence-electron chi connectivity index (χ2n) is 6.66. The number of nitrogens with zero attached hydrogens (tertiary/aromatic N) is 2. The van der Waals surface area contributed by atoms with E-state index in [1.165, 1.54) is 5.56 Å². The molecule has 6 nitrogen and oxygen atoms in total. The van der Waals surface area contributed by atoms with E-state index in [0.29, 0.717) is 19.1 Å². The smallest absolute Gasteiger partial charge is 0.231 e. The zero-order valence-corrected chi connectivity index (χ0v) is 17.7. The third-order valence-electron chi connectivity index (χ3n) is 4.57. The SMILES string of the molecule is CCNC(=NCC(SC)c1cccc(Cl)c1)NC1CCN(CC(N)=O)CC1. The predicted octanol–water partition coefficient (Wildman–Crippen LogP) is 2.25. The van der Waals surface area contributed by atoms with Gasteiger partial charge in [0.05, 0.1) is 13.1 Å². The van der Waals surface area contributed by atoms with E-state index in [1.54, 1.807) is 11.8 Å². The van der Waals surface area contributed by atoms with Gasteiger partial charge in [-0.2, -0.15) is 11.8 Å². The summed E-state index contributed by atoms with van der Waals surface area (Å²) in [6.07, 6.45) is 4.03. The molecule has 8 heteroatoms. The second-order valence-corrected chi connectivity index (χ2v) is 8.14. The minimum Gasteiger partial charge on any atom is -0.369 e. The molecule has 1 aliphatic rings. The van der Waals surface area contributed by atoms with Gasteiger partial charge in [-0.05, 0) is 43.7 Å². The maximum atomic E-state index is 11.1. The predicted molar refractivity (Wildman–Crippen MR) is 115 cm³/mol. The number of nitrogens with two attached hydrogens (primary N) is 1. The Hall–Kier alpha value is -1.44. The van der Waals surface area contributed by atoms with Gasteiger partial charge in [-0.3, -0.25) is 14.7 Å². The van der Waals surface area contributed by atoms with Crippen molar-refractivity contribution in [3.05, 3.63) is 34.9 Å². The molecular weight excluding hydrogens is 382 g/mol. The van der Waals surface area contributed by atoms with Crippen LogP contribution in [0.4, 0.5) is 0 Å². The highest BCUT2D eigenvalue weighted by molar-refractivity contribution is 7.98. The number of thioether (sulfide) groups is 1. The van der Waals surface area contributed by atoms with Crippen molar-refractivity contribution in [2.45, 2.75) is 31.1 Å². The van der Waals surface area contributed by atoms with E-state index in [0.717, 1.165) is 43.5 Å². The molecular formula is C19H30ClN5OS. The maximum absolute atomic E-state index is 11.1. The molecule has 27 heavy (non-hydrogen) atoms. The number of rotatable bonds is 8. The second kappa shape index (κ2) is 11.4. The maximum Gasteiger partial charge on any atom is 0.231 e.